The van der Waals surface area contributed by atoms with E-state index in [-0.39, 0.29) is 17.4 Å². The van der Waals surface area contributed by atoms with Gasteiger partial charge >= 0.3 is 0 Å². The van der Waals surface area contributed by atoms with E-state index < -0.39 is 9.84 Å². The first-order chi connectivity index (χ1) is 9.84. The molecule has 2 rings (SSSR count). The summed E-state index contributed by atoms with van der Waals surface area (Å²) in [4.78, 5) is 15.7. The zero-order chi connectivity index (χ0) is 15.5. The number of rotatable bonds is 4. The van der Waals surface area contributed by atoms with Gasteiger partial charge in [0, 0.05) is 11.9 Å². The number of sulfone groups is 1. The molecule has 1 heterocycles. The van der Waals surface area contributed by atoms with Gasteiger partial charge in [0.1, 0.15) is 0 Å². The zero-order valence-electron chi connectivity index (χ0n) is 11.4. The van der Waals surface area contributed by atoms with E-state index in [1.165, 1.54) is 18.3 Å². The molecule has 0 fully saturated rings. The van der Waals surface area contributed by atoms with E-state index in [0.717, 1.165) is 11.8 Å². The van der Waals surface area contributed by atoms with Gasteiger partial charge in [-0.2, -0.15) is 0 Å². The summed E-state index contributed by atoms with van der Waals surface area (Å²) in [6.45, 7) is 0. The van der Waals surface area contributed by atoms with E-state index in [0.29, 0.717) is 11.4 Å². The lowest BCUT2D eigenvalue weighted by Gasteiger charge is -2.06. The molecule has 2 aromatic rings. The van der Waals surface area contributed by atoms with E-state index in [2.05, 4.69) is 10.3 Å². The van der Waals surface area contributed by atoms with Gasteiger partial charge in [-0.1, -0.05) is 12.1 Å². The van der Waals surface area contributed by atoms with Crippen LogP contribution in [0.25, 0.3) is 0 Å². The third-order valence-corrected chi connectivity index (χ3v) is 3.72. The second kappa shape index (κ2) is 5.92. The van der Waals surface area contributed by atoms with Crippen LogP contribution in [-0.2, 0) is 21.1 Å². The normalized spacial score (nSPS) is 11.1. The third-order valence-electron chi connectivity index (χ3n) is 2.72. The number of benzene rings is 1. The standard InChI is InChI=1S/C14H15N3O3S/c1-21(19,20)14-6-5-12(9-16-14)17-13(18)8-10-3-2-4-11(15)7-10/h2-7,9H,8,15H2,1H3,(H,17,18). The maximum Gasteiger partial charge on any atom is 0.228 e. The van der Waals surface area contributed by atoms with Crippen LogP contribution < -0.4 is 11.1 Å². The quantitative estimate of drug-likeness (QED) is 0.828. The predicted molar refractivity (Wildman–Crippen MR) is 80.5 cm³/mol. The van der Waals surface area contributed by atoms with Gasteiger partial charge in [0.05, 0.1) is 18.3 Å². The van der Waals surface area contributed by atoms with Crippen LogP contribution in [0.2, 0.25) is 0 Å². The highest BCUT2D eigenvalue weighted by molar-refractivity contribution is 7.90. The summed E-state index contributed by atoms with van der Waals surface area (Å²) in [5.41, 5.74) is 7.48. The van der Waals surface area contributed by atoms with Crippen molar-refractivity contribution in [1.82, 2.24) is 4.98 Å². The van der Waals surface area contributed by atoms with Gasteiger partial charge in [0.2, 0.25) is 5.91 Å². The van der Waals surface area contributed by atoms with Gasteiger partial charge in [0.15, 0.2) is 14.9 Å². The van der Waals surface area contributed by atoms with Crippen LogP contribution in [0.1, 0.15) is 5.56 Å². The van der Waals surface area contributed by atoms with Crippen molar-refractivity contribution in [3.63, 3.8) is 0 Å². The van der Waals surface area contributed by atoms with Gasteiger partial charge < -0.3 is 11.1 Å². The molecular formula is C14H15N3O3S. The highest BCUT2D eigenvalue weighted by Gasteiger charge is 2.09. The van der Waals surface area contributed by atoms with Crippen molar-refractivity contribution in [2.24, 2.45) is 0 Å². The van der Waals surface area contributed by atoms with Crippen LogP contribution >= 0.6 is 0 Å². The number of nitrogen functional groups attached to an aromatic ring is 1. The molecule has 0 radical (unpaired) electrons. The number of nitrogens with zero attached hydrogens (tertiary/aromatic N) is 1. The fourth-order valence-corrected chi connectivity index (χ4v) is 2.33. The van der Waals surface area contributed by atoms with Gasteiger partial charge in [-0.25, -0.2) is 13.4 Å². The third kappa shape index (κ3) is 4.28. The Hall–Kier alpha value is -2.41. The average Bonchev–Trinajstić information content (AvgIpc) is 2.38. The van der Waals surface area contributed by atoms with Crippen LogP contribution in [0.5, 0.6) is 0 Å². The number of pyridine rings is 1. The Kier molecular flexibility index (Phi) is 4.23. The molecule has 0 unspecified atom stereocenters. The van der Waals surface area contributed by atoms with Crippen molar-refractivity contribution in [3.05, 3.63) is 48.2 Å². The summed E-state index contributed by atoms with van der Waals surface area (Å²) < 4.78 is 22.6. The molecular weight excluding hydrogens is 290 g/mol. The minimum atomic E-state index is -3.34. The number of amides is 1. The lowest BCUT2D eigenvalue weighted by Crippen LogP contribution is -2.15. The number of carbonyl (C=O) groups is 1. The Bertz CT molecular complexity index is 755. The van der Waals surface area contributed by atoms with E-state index >= 15 is 0 Å². The van der Waals surface area contributed by atoms with Crippen LogP contribution in [-0.4, -0.2) is 25.6 Å². The smallest absolute Gasteiger partial charge is 0.228 e. The first kappa shape index (κ1) is 15.0. The highest BCUT2D eigenvalue weighted by atomic mass is 32.2. The molecule has 0 atom stereocenters. The predicted octanol–water partition coefficient (Wildman–Crippen LogP) is 1.25. The van der Waals surface area contributed by atoms with E-state index in [9.17, 15) is 13.2 Å². The number of carbonyl (C=O) groups excluding carboxylic acids is 1. The monoisotopic (exact) mass is 305 g/mol. The zero-order valence-corrected chi connectivity index (χ0v) is 12.2. The minimum absolute atomic E-state index is 0.0312. The minimum Gasteiger partial charge on any atom is -0.399 e. The average molecular weight is 305 g/mol. The number of hydrogen-bond donors (Lipinski definition) is 2. The molecule has 0 saturated carbocycles. The van der Waals surface area contributed by atoms with Crippen molar-refractivity contribution < 1.29 is 13.2 Å². The number of hydrogen-bond acceptors (Lipinski definition) is 5. The molecule has 0 spiro atoms. The molecule has 1 aromatic heterocycles. The summed E-state index contributed by atoms with van der Waals surface area (Å²) >= 11 is 0. The molecule has 3 N–H and O–H groups in total. The van der Waals surface area contributed by atoms with E-state index in [1.54, 1.807) is 24.3 Å². The van der Waals surface area contributed by atoms with Gasteiger partial charge in [0.25, 0.3) is 0 Å². The van der Waals surface area contributed by atoms with Gasteiger partial charge in [-0.05, 0) is 29.8 Å². The van der Waals surface area contributed by atoms with Crippen molar-refractivity contribution in [3.8, 4) is 0 Å². The molecule has 110 valence electrons. The molecule has 1 aromatic carbocycles. The van der Waals surface area contributed by atoms with Gasteiger partial charge in [-0.3, -0.25) is 4.79 Å². The molecule has 0 aliphatic carbocycles. The summed E-state index contributed by atoms with van der Waals surface area (Å²) in [7, 11) is -3.34. The summed E-state index contributed by atoms with van der Waals surface area (Å²) in [5.74, 6) is -0.227. The van der Waals surface area contributed by atoms with Crippen molar-refractivity contribution >= 4 is 27.1 Å². The maximum atomic E-state index is 11.9. The number of nitrogens with two attached hydrogens (primary N) is 1. The Morgan fingerprint density at radius 1 is 1.29 bits per heavy atom. The Morgan fingerprint density at radius 3 is 2.62 bits per heavy atom. The Morgan fingerprint density at radius 2 is 2.05 bits per heavy atom. The summed E-state index contributed by atoms with van der Waals surface area (Å²) in [6, 6.07) is 9.91. The Labute approximate surface area is 122 Å². The maximum absolute atomic E-state index is 11.9. The van der Waals surface area contributed by atoms with Crippen LogP contribution in [0.4, 0.5) is 11.4 Å². The highest BCUT2D eigenvalue weighted by Crippen LogP contribution is 2.12. The van der Waals surface area contributed by atoms with Crippen LogP contribution in [0.3, 0.4) is 0 Å². The molecule has 6 nitrogen and oxygen atoms in total. The number of aromatic nitrogens is 1. The molecule has 0 aliphatic heterocycles. The molecule has 1 amide bonds. The topological polar surface area (TPSA) is 102 Å². The number of nitrogens with one attached hydrogen (secondary N) is 1. The fourth-order valence-electron chi connectivity index (χ4n) is 1.77. The van der Waals surface area contributed by atoms with Crippen molar-refractivity contribution in [2.45, 2.75) is 11.4 Å². The molecule has 0 bridgehead atoms. The first-order valence-electron chi connectivity index (χ1n) is 6.15. The van der Waals surface area contributed by atoms with Crippen LogP contribution in [0, 0.1) is 0 Å². The Balaban J connectivity index is 2.03. The van der Waals surface area contributed by atoms with Crippen LogP contribution in [0.15, 0.2) is 47.6 Å². The first-order valence-corrected chi connectivity index (χ1v) is 8.04. The molecule has 0 saturated heterocycles. The van der Waals surface area contributed by atoms with E-state index in [4.69, 9.17) is 5.73 Å². The molecule has 7 heteroatoms. The second-order valence-electron chi connectivity index (χ2n) is 4.63. The lowest BCUT2D eigenvalue weighted by molar-refractivity contribution is -0.115. The lowest BCUT2D eigenvalue weighted by atomic mass is 10.1. The molecule has 21 heavy (non-hydrogen) atoms. The molecule has 0 aliphatic rings. The van der Waals surface area contributed by atoms with E-state index in [1.807, 2.05) is 0 Å². The van der Waals surface area contributed by atoms with Crippen molar-refractivity contribution in [1.29, 1.82) is 0 Å². The SMILES string of the molecule is CS(=O)(=O)c1ccc(NC(=O)Cc2cccc(N)c2)cn1. The number of anilines is 2. The summed E-state index contributed by atoms with van der Waals surface area (Å²) in [6.07, 6.45) is 2.57. The summed E-state index contributed by atoms with van der Waals surface area (Å²) in [5, 5.41) is 2.62. The van der Waals surface area contributed by atoms with Gasteiger partial charge in [-0.15, -0.1) is 0 Å². The largest absolute Gasteiger partial charge is 0.399 e. The van der Waals surface area contributed by atoms with Crippen molar-refractivity contribution in [2.75, 3.05) is 17.3 Å². The second-order valence-corrected chi connectivity index (χ2v) is 6.59. The fraction of sp³-hybridized carbons (Fsp3) is 0.143.